The van der Waals surface area contributed by atoms with Crippen LogP contribution in [0.25, 0.3) is 0 Å². The lowest BCUT2D eigenvalue weighted by Gasteiger charge is -2.31. The van der Waals surface area contributed by atoms with Crippen molar-refractivity contribution < 1.29 is 0 Å². The molecule has 0 aromatic carbocycles. The van der Waals surface area contributed by atoms with Crippen molar-refractivity contribution in [3.05, 3.63) is 12.4 Å². The highest BCUT2D eigenvalue weighted by molar-refractivity contribution is 5.42. The maximum Gasteiger partial charge on any atom is 0.0752 e. The molecule has 1 aromatic rings. The minimum Gasteiger partial charge on any atom is -0.369 e. The number of aromatic nitrogens is 2. The first-order valence-electron chi connectivity index (χ1n) is 7.33. The fourth-order valence-corrected chi connectivity index (χ4v) is 3.03. The van der Waals surface area contributed by atoms with E-state index in [-0.39, 0.29) is 0 Å². The van der Waals surface area contributed by atoms with Crippen molar-refractivity contribution in [2.75, 3.05) is 31.1 Å². The number of hydrogen-bond donors (Lipinski definition) is 1. The van der Waals surface area contributed by atoms with Crippen LogP contribution in [0.2, 0.25) is 0 Å². The fourth-order valence-electron chi connectivity index (χ4n) is 3.03. The van der Waals surface area contributed by atoms with Crippen molar-refractivity contribution >= 4 is 5.69 Å². The van der Waals surface area contributed by atoms with E-state index in [9.17, 15) is 0 Å². The van der Waals surface area contributed by atoms with E-state index in [4.69, 9.17) is 0 Å². The zero-order valence-corrected chi connectivity index (χ0v) is 11.3. The molecule has 2 aliphatic rings. The van der Waals surface area contributed by atoms with Gasteiger partial charge < -0.3 is 10.2 Å². The molecular weight excluding hydrogens is 224 g/mol. The van der Waals surface area contributed by atoms with Gasteiger partial charge in [-0.05, 0) is 44.7 Å². The van der Waals surface area contributed by atoms with Gasteiger partial charge >= 0.3 is 0 Å². The Labute approximate surface area is 109 Å². The van der Waals surface area contributed by atoms with Gasteiger partial charge in [0.15, 0.2) is 0 Å². The highest BCUT2D eigenvalue weighted by Crippen LogP contribution is 2.25. The van der Waals surface area contributed by atoms with Gasteiger partial charge in [0.05, 0.1) is 17.9 Å². The lowest BCUT2D eigenvalue weighted by Crippen LogP contribution is -2.32. The summed E-state index contributed by atoms with van der Waals surface area (Å²) in [6.07, 6.45) is 9.36. The molecular formula is C14H24N4. The summed E-state index contributed by atoms with van der Waals surface area (Å²) in [5.41, 5.74) is 1.32. The normalized spacial score (nSPS) is 23.5. The lowest BCUT2D eigenvalue weighted by molar-refractivity contribution is 0.343. The zero-order valence-electron chi connectivity index (χ0n) is 11.3. The van der Waals surface area contributed by atoms with Crippen LogP contribution < -0.4 is 10.2 Å². The highest BCUT2D eigenvalue weighted by Gasteiger charge is 2.20. The molecule has 0 amide bonds. The van der Waals surface area contributed by atoms with Crippen LogP contribution in [0, 0.1) is 5.92 Å². The third-order valence-electron chi connectivity index (χ3n) is 4.42. The largest absolute Gasteiger partial charge is 0.369 e. The summed E-state index contributed by atoms with van der Waals surface area (Å²) in [5, 5.41) is 7.99. The number of hydrogen-bond acceptors (Lipinski definition) is 3. The average Bonchev–Trinajstić information content (AvgIpc) is 2.90. The second kappa shape index (κ2) is 5.31. The Morgan fingerprint density at radius 3 is 2.61 bits per heavy atom. The molecule has 2 aliphatic heterocycles. The number of rotatable bonds is 2. The first-order chi connectivity index (χ1) is 8.83. The molecule has 0 unspecified atom stereocenters. The summed E-state index contributed by atoms with van der Waals surface area (Å²) >= 11 is 0. The van der Waals surface area contributed by atoms with E-state index in [1.807, 2.05) is 0 Å². The third-order valence-corrected chi connectivity index (χ3v) is 4.42. The molecule has 0 aliphatic carbocycles. The van der Waals surface area contributed by atoms with Crippen molar-refractivity contribution in [3.63, 3.8) is 0 Å². The van der Waals surface area contributed by atoms with Crippen molar-refractivity contribution in [2.24, 2.45) is 5.92 Å². The van der Waals surface area contributed by atoms with Gasteiger partial charge in [-0.15, -0.1) is 0 Å². The summed E-state index contributed by atoms with van der Waals surface area (Å²) in [6.45, 7) is 7.00. The Hall–Kier alpha value is -1.03. The Balaban J connectivity index is 1.65. The van der Waals surface area contributed by atoms with E-state index in [0.29, 0.717) is 6.04 Å². The Morgan fingerprint density at radius 2 is 1.89 bits per heavy atom. The van der Waals surface area contributed by atoms with E-state index in [2.05, 4.69) is 39.3 Å². The Kier molecular flexibility index (Phi) is 3.55. The van der Waals surface area contributed by atoms with Crippen LogP contribution >= 0.6 is 0 Å². The molecule has 0 atom stereocenters. The van der Waals surface area contributed by atoms with Crippen molar-refractivity contribution in [2.45, 2.75) is 38.6 Å². The summed E-state index contributed by atoms with van der Waals surface area (Å²) in [5.74, 6) is 0.890. The van der Waals surface area contributed by atoms with Crippen molar-refractivity contribution in [1.29, 1.82) is 0 Å². The molecule has 0 radical (unpaired) electrons. The highest BCUT2D eigenvalue weighted by atomic mass is 15.3. The lowest BCUT2D eigenvalue weighted by atomic mass is 9.99. The summed E-state index contributed by atoms with van der Waals surface area (Å²) < 4.78 is 2.19. The van der Waals surface area contributed by atoms with Crippen LogP contribution in [0.3, 0.4) is 0 Å². The molecule has 0 saturated carbocycles. The van der Waals surface area contributed by atoms with Crippen LogP contribution in [0.4, 0.5) is 5.69 Å². The smallest absolute Gasteiger partial charge is 0.0752 e. The molecule has 4 nitrogen and oxygen atoms in total. The van der Waals surface area contributed by atoms with Gasteiger partial charge in [0.1, 0.15) is 0 Å². The predicted molar refractivity (Wildman–Crippen MR) is 74.0 cm³/mol. The molecule has 2 fully saturated rings. The first kappa shape index (κ1) is 12.0. The molecule has 100 valence electrons. The van der Waals surface area contributed by atoms with Crippen LogP contribution in [0.1, 0.15) is 38.6 Å². The molecule has 2 saturated heterocycles. The molecule has 0 bridgehead atoms. The maximum absolute atomic E-state index is 4.58. The number of anilines is 1. The van der Waals surface area contributed by atoms with Crippen molar-refractivity contribution in [3.8, 4) is 0 Å². The number of nitrogens with one attached hydrogen (secondary N) is 1. The number of piperidine rings is 2. The predicted octanol–water partition coefficient (Wildman–Crippen LogP) is 2.04. The summed E-state index contributed by atoms with van der Waals surface area (Å²) in [7, 11) is 0. The van der Waals surface area contributed by atoms with Crippen molar-refractivity contribution in [1.82, 2.24) is 15.1 Å². The number of nitrogens with zero attached hydrogens (tertiary/aromatic N) is 3. The molecule has 0 spiro atoms. The van der Waals surface area contributed by atoms with Crippen LogP contribution in [0.5, 0.6) is 0 Å². The van der Waals surface area contributed by atoms with E-state index < -0.39 is 0 Å². The molecule has 18 heavy (non-hydrogen) atoms. The van der Waals surface area contributed by atoms with E-state index >= 15 is 0 Å². The monoisotopic (exact) mass is 248 g/mol. The third kappa shape index (κ3) is 2.53. The van der Waals surface area contributed by atoms with Gasteiger partial charge in [-0.25, -0.2) is 0 Å². The quantitative estimate of drug-likeness (QED) is 0.869. The Morgan fingerprint density at radius 1 is 1.17 bits per heavy atom. The van der Waals surface area contributed by atoms with Gasteiger partial charge in [-0.3, -0.25) is 4.68 Å². The first-order valence-corrected chi connectivity index (χ1v) is 7.33. The van der Waals surface area contributed by atoms with Crippen LogP contribution in [0.15, 0.2) is 12.4 Å². The summed E-state index contributed by atoms with van der Waals surface area (Å²) in [4.78, 5) is 2.49. The van der Waals surface area contributed by atoms with Gasteiger partial charge in [-0.2, -0.15) is 5.10 Å². The SMILES string of the molecule is CC1CCN(c2cnn(C3CCNCC3)c2)CC1. The van der Waals surface area contributed by atoms with E-state index in [1.54, 1.807) is 0 Å². The van der Waals surface area contributed by atoms with Gasteiger partial charge in [0, 0.05) is 19.3 Å². The fraction of sp³-hybridized carbons (Fsp3) is 0.786. The van der Waals surface area contributed by atoms with Gasteiger partial charge in [0.25, 0.3) is 0 Å². The zero-order chi connectivity index (χ0) is 12.4. The second-order valence-electron chi connectivity index (χ2n) is 5.83. The van der Waals surface area contributed by atoms with Gasteiger partial charge in [-0.1, -0.05) is 6.92 Å². The molecule has 3 heterocycles. The Bertz CT molecular complexity index is 373. The average molecular weight is 248 g/mol. The minimum atomic E-state index is 0.601. The minimum absolute atomic E-state index is 0.601. The van der Waals surface area contributed by atoms with E-state index in [1.165, 1.54) is 44.5 Å². The molecule has 1 aromatic heterocycles. The van der Waals surface area contributed by atoms with Crippen LogP contribution in [-0.2, 0) is 0 Å². The summed E-state index contributed by atoms with van der Waals surface area (Å²) in [6, 6.07) is 0.601. The topological polar surface area (TPSA) is 33.1 Å². The van der Waals surface area contributed by atoms with Crippen LogP contribution in [-0.4, -0.2) is 36.0 Å². The maximum atomic E-state index is 4.58. The van der Waals surface area contributed by atoms with Gasteiger partial charge in [0.2, 0.25) is 0 Å². The standard InChI is InChI=1S/C14H24N4/c1-12-4-8-17(9-5-12)14-10-16-18(11-14)13-2-6-15-7-3-13/h10-13,15H,2-9H2,1H3. The second-order valence-corrected chi connectivity index (χ2v) is 5.83. The molecule has 4 heteroatoms. The molecule has 3 rings (SSSR count). The molecule has 1 N–H and O–H groups in total. The van der Waals surface area contributed by atoms with E-state index in [0.717, 1.165) is 19.0 Å².